The number of hydrogen-bond acceptors (Lipinski definition) is 4. The van der Waals surface area contributed by atoms with E-state index in [1.54, 1.807) is 12.5 Å². The molecule has 24 heavy (non-hydrogen) atoms. The number of carbonyl (C=O) groups excluding carboxylic acids is 1. The first-order chi connectivity index (χ1) is 11.3. The Labute approximate surface area is 150 Å². The van der Waals surface area contributed by atoms with E-state index < -0.39 is 11.7 Å². The molecule has 0 aliphatic heterocycles. The van der Waals surface area contributed by atoms with Crippen LogP contribution in [0.5, 0.6) is 0 Å². The number of H-pyrrole nitrogens is 1. The number of anilines is 1. The highest BCUT2D eigenvalue weighted by atomic mass is 79.9. The summed E-state index contributed by atoms with van der Waals surface area (Å²) in [5, 5.41) is 2.79. The van der Waals surface area contributed by atoms with Crippen LogP contribution >= 0.6 is 15.9 Å². The lowest BCUT2D eigenvalue weighted by atomic mass is 10.2. The standard InChI is InChI=1S/C17H23BrN4O2/c1-17(2,3)24-16(23)20-8-9-22(11-14-10-19-12-21-14)15-6-4-13(18)5-7-15/h4-7,10,12H,8-9,11H2,1-3H3,(H,19,21)(H,20,23). The highest BCUT2D eigenvalue weighted by Gasteiger charge is 2.16. The minimum Gasteiger partial charge on any atom is -0.444 e. The van der Waals surface area contributed by atoms with Crippen molar-refractivity contribution in [1.82, 2.24) is 15.3 Å². The predicted octanol–water partition coefficient (Wildman–Crippen LogP) is 3.70. The number of nitrogens with zero attached hydrogens (tertiary/aromatic N) is 2. The molecule has 0 saturated carbocycles. The third-order valence-corrected chi connectivity index (χ3v) is 3.69. The van der Waals surface area contributed by atoms with Crippen LogP contribution in [0.3, 0.4) is 0 Å². The summed E-state index contributed by atoms with van der Waals surface area (Å²) < 4.78 is 6.28. The molecule has 2 rings (SSSR count). The first-order valence-corrected chi connectivity index (χ1v) is 8.57. The van der Waals surface area contributed by atoms with E-state index in [4.69, 9.17) is 4.74 Å². The summed E-state index contributed by atoms with van der Waals surface area (Å²) in [6.07, 6.45) is 3.06. The molecular formula is C17H23BrN4O2. The fraction of sp³-hybridized carbons (Fsp3) is 0.412. The maximum absolute atomic E-state index is 11.8. The van der Waals surface area contributed by atoms with Gasteiger partial charge in [0.05, 0.1) is 18.6 Å². The Morgan fingerprint density at radius 1 is 1.33 bits per heavy atom. The average Bonchev–Trinajstić information content (AvgIpc) is 2.98. The lowest BCUT2D eigenvalue weighted by molar-refractivity contribution is 0.0529. The number of carbonyl (C=O) groups is 1. The van der Waals surface area contributed by atoms with Crippen LogP contribution in [0.2, 0.25) is 0 Å². The minimum absolute atomic E-state index is 0.403. The van der Waals surface area contributed by atoms with Crippen molar-refractivity contribution < 1.29 is 9.53 Å². The van der Waals surface area contributed by atoms with E-state index in [1.165, 1.54) is 0 Å². The molecule has 6 nitrogen and oxygen atoms in total. The van der Waals surface area contributed by atoms with Gasteiger partial charge in [-0.05, 0) is 45.0 Å². The second kappa shape index (κ2) is 8.19. The molecular weight excluding hydrogens is 372 g/mol. The molecule has 0 spiro atoms. The molecule has 0 unspecified atom stereocenters. The van der Waals surface area contributed by atoms with E-state index in [0.29, 0.717) is 19.6 Å². The second-order valence-corrected chi connectivity index (χ2v) is 7.32. The molecule has 0 bridgehead atoms. The van der Waals surface area contributed by atoms with Gasteiger partial charge in [-0.3, -0.25) is 0 Å². The first-order valence-electron chi connectivity index (χ1n) is 7.78. The lowest BCUT2D eigenvalue weighted by Crippen LogP contribution is -2.38. The fourth-order valence-corrected chi connectivity index (χ4v) is 2.40. The van der Waals surface area contributed by atoms with Crippen molar-refractivity contribution in [2.24, 2.45) is 0 Å². The van der Waals surface area contributed by atoms with Crippen LogP contribution < -0.4 is 10.2 Å². The molecule has 1 amide bonds. The topological polar surface area (TPSA) is 70.2 Å². The van der Waals surface area contributed by atoms with E-state index in [1.807, 2.05) is 45.0 Å². The van der Waals surface area contributed by atoms with Gasteiger partial charge in [0.25, 0.3) is 0 Å². The van der Waals surface area contributed by atoms with Crippen LogP contribution in [0.25, 0.3) is 0 Å². The maximum Gasteiger partial charge on any atom is 0.407 e. The highest BCUT2D eigenvalue weighted by molar-refractivity contribution is 9.10. The smallest absolute Gasteiger partial charge is 0.407 e. The number of rotatable bonds is 6. The van der Waals surface area contributed by atoms with Crippen molar-refractivity contribution >= 4 is 27.7 Å². The summed E-state index contributed by atoms with van der Waals surface area (Å²) in [6.45, 7) is 7.35. The molecule has 1 aromatic heterocycles. The Kier molecular flexibility index (Phi) is 6.25. The van der Waals surface area contributed by atoms with Gasteiger partial charge in [-0.1, -0.05) is 15.9 Å². The highest BCUT2D eigenvalue weighted by Crippen LogP contribution is 2.19. The van der Waals surface area contributed by atoms with Gasteiger partial charge < -0.3 is 19.9 Å². The Balaban J connectivity index is 1.96. The van der Waals surface area contributed by atoms with Gasteiger partial charge in [-0.2, -0.15) is 0 Å². The number of halogens is 1. The quantitative estimate of drug-likeness (QED) is 0.783. The van der Waals surface area contributed by atoms with Crippen LogP contribution in [0, 0.1) is 0 Å². The Morgan fingerprint density at radius 3 is 2.62 bits per heavy atom. The van der Waals surface area contributed by atoms with E-state index >= 15 is 0 Å². The summed E-state index contributed by atoms with van der Waals surface area (Å²) in [7, 11) is 0. The summed E-state index contributed by atoms with van der Waals surface area (Å²) in [6, 6.07) is 8.06. The summed E-state index contributed by atoms with van der Waals surface area (Å²) >= 11 is 3.45. The van der Waals surface area contributed by atoms with Gasteiger partial charge >= 0.3 is 6.09 Å². The molecule has 2 N–H and O–H groups in total. The minimum atomic E-state index is -0.495. The number of nitrogens with one attached hydrogen (secondary N) is 2. The average molecular weight is 395 g/mol. The monoisotopic (exact) mass is 394 g/mol. The maximum atomic E-state index is 11.8. The predicted molar refractivity (Wildman–Crippen MR) is 98.0 cm³/mol. The van der Waals surface area contributed by atoms with Gasteiger partial charge in [0, 0.05) is 29.4 Å². The SMILES string of the molecule is CC(C)(C)OC(=O)NCCN(Cc1cnc[nH]1)c1ccc(Br)cc1. The number of ether oxygens (including phenoxy) is 1. The van der Waals surface area contributed by atoms with Crippen molar-refractivity contribution in [1.29, 1.82) is 0 Å². The normalized spacial score (nSPS) is 11.2. The molecule has 0 fully saturated rings. The molecule has 0 aliphatic rings. The van der Waals surface area contributed by atoms with Crippen LogP contribution in [0.4, 0.5) is 10.5 Å². The van der Waals surface area contributed by atoms with Gasteiger partial charge in [-0.15, -0.1) is 0 Å². The molecule has 1 aromatic carbocycles. The molecule has 0 radical (unpaired) electrons. The Morgan fingerprint density at radius 2 is 2.04 bits per heavy atom. The molecule has 130 valence electrons. The van der Waals surface area contributed by atoms with Crippen LogP contribution in [-0.2, 0) is 11.3 Å². The second-order valence-electron chi connectivity index (χ2n) is 6.40. The van der Waals surface area contributed by atoms with E-state index in [2.05, 4.69) is 36.1 Å². The van der Waals surface area contributed by atoms with E-state index in [0.717, 1.165) is 15.9 Å². The molecule has 2 aromatic rings. The van der Waals surface area contributed by atoms with Crippen LogP contribution in [-0.4, -0.2) is 34.8 Å². The van der Waals surface area contributed by atoms with Gasteiger partial charge in [-0.25, -0.2) is 9.78 Å². The zero-order valence-corrected chi connectivity index (χ0v) is 15.8. The first kappa shape index (κ1) is 18.3. The van der Waals surface area contributed by atoms with Crippen molar-refractivity contribution in [2.75, 3.05) is 18.0 Å². The molecule has 0 aliphatic carbocycles. The van der Waals surface area contributed by atoms with Crippen molar-refractivity contribution in [3.63, 3.8) is 0 Å². The number of alkyl carbamates (subject to hydrolysis) is 1. The number of amides is 1. The van der Waals surface area contributed by atoms with Crippen LogP contribution in [0.1, 0.15) is 26.5 Å². The zero-order valence-electron chi connectivity index (χ0n) is 14.2. The molecule has 0 atom stereocenters. The third-order valence-electron chi connectivity index (χ3n) is 3.16. The third kappa shape index (κ3) is 6.23. The number of aromatic amines is 1. The number of aromatic nitrogens is 2. The molecule has 1 heterocycles. The number of imidazole rings is 1. The summed E-state index contributed by atoms with van der Waals surface area (Å²) in [5.41, 5.74) is 1.58. The van der Waals surface area contributed by atoms with Gasteiger partial charge in [0.15, 0.2) is 0 Å². The summed E-state index contributed by atoms with van der Waals surface area (Å²) in [5.74, 6) is 0. The van der Waals surface area contributed by atoms with Gasteiger partial charge in [0.2, 0.25) is 0 Å². The fourth-order valence-electron chi connectivity index (χ4n) is 2.14. The van der Waals surface area contributed by atoms with Crippen molar-refractivity contribution in [2.45, 2.75) is 32.9 Å². The van der Waals surface area contributed by atoms with Crippen LogP contribution in [0.15, 0.2) is 41.3 Å². The van der Waals surface area contributed by atoms with E-state index in [9.17, 15) is 4.79 Å². The number of benzene rings is 1. The number of hydrogen-bond donors (Lipinski definition) is 2. The Hall–Kier alpha value is -2.02. The summed E-state index contributed by atoms with van der Waals surface area (Å²) in [4.78, 5) is 21.1. The Bertz CT molecular complexity index is 636. The molecule has 7 heteroatoms. The van der Waals surface area contributed by atoms with E-state index in [-0.39, 0.29) is 0 Å². The largest absolute Gasteiger partial charge is 0.444 e. The molecule has 0 saturated heterocycles. The zero-order chi connectivity index (χ0) is 17.6. The van der Waals surface area contributed by atoms with Crippen molar-refractivity contribution in [3.05, 3.63) is 47.0 Å². The van der Waals surface area contributed by atoms with Crippen molar-refractivity contribution in [3.8, 4) is 0 Å². The lowest BCUT2D eigenvalue weighted by Gasteiger charge is -2.25. The van der Waals surface area contributed by atoms with Gasteiger partial charge in [0.1, 0.15) is 5.60 Å².